The number of carbonyl (C=O) groups excluding carboxylic acids is 3. The Bertz CT molecular complexity index is 514. The zero-order valence-electron chi connectivity index (χ0n) is 11.1. The Morgan fingerprint density at radius 3 is 2.65 bits per heavy atom. The quantitative estimate of drug-likeness (QED) is 0.616. The van der Waals surface area contributed by atoms with Gasteiger partial charge in [-0.05, 0) is 12.0 Å². The van der Waals surface area contributed by atoms with Crippen molar-refractivity contribution in [3.05, 3.63) is 35.9 Å². The van der Waals surface area contributed by atoms with Crippen molar-refractivity contribution in [1.29, 1.82) is 0 Å². The first-order chi connectivity index (χ1) is 9.63. The van der Waals surface area contributed by atoms with E-state index in [2.05, 4.69) is 4.74 Å². The molecular weight excluding hydrogens is 262 g/mol. The molecule has 1 aromatic rings. The van der Waals surface area contributed by atoms with Gasteiger partial charge in [-0.15, -0.1) is 0 Å². The number of imide groups is 1. The summed E-state index contributed by atoms with van der Waals surface area (Å²) in [6, 6.07) is 9.15. The minimum Gasteiger partial charge on any atom is -0.468 e. The summed E-state index contributed by atoms with van der Waals surface area (Å²) < 4.78 is 9.58. The van der Waals surface area contributed by atoms with Crippen molar-refractivity contribution in [3.8, 4) is 0 Å². The Labute approximate surface area is 116 Å². The predicted octanol–water partition coefficient (Wildman–Crippen LogP) is 1.34. The fourth-order valence-electron chi connectivity index (χ4n) is 2.02. The molecule has 1 fully saturated rings. The smallest absolute Gasteiger partial charge is 0.416 e. The van der Waals surface area contributed by atoms with Crippen molar-refractivity contribution in [2.75, 3.05) is 13.7 Å². The lowest BCUT2D eigenvalue weighted by atomic mass is 10.1. The van der Waals surface area contributed by atoms with Crippen LogP contribution in [0.3, 0.4) is 0 Å². The molecule has 1 heterocycles. The molecule has 0 aliphatic carbocycles. The van der Waals surface area contributed by atoms with Crippen LogP contribution in [0.1, 0.15) is 12.0 Å². The molecule has 1 unspecified atom stereocenters. The maximum Gasteiger partial charge on any atom is 0.416 e. The van der Waals surface area contributed by atoms with Gasteiger partial charge in [0.25, 0.3) is 0 Å². The Kier molecular flexibility index (Phi) is 4.34. The Balaban J connectivity index is 1.91. The van der Waals surface area contributed by atoms with Gasteiger partial charge in [-0.25, -0.2) is 9.69 Å². The molecule has 6 nitrogen and oxygen atoms in total. The van der Waals surface area contributed by atoms with E-state index < -0.39 is 23.9 Å². The molecule has 0 spiro atoms. The van der Waals surface area contributed by atoms with Crippen LogP contribution in [0, 0.1) is 5.92 Å². The SMILES string of the molecule is COC(=O)C1CCN(C(=O)OCc2ccccc2)C1=O. The number of carbonyl (C=O) groups is 3. The number of likely N-dealkylation sites (tertiary alicyclic amines) is 1. The van der Waals surface area contributed by atoms with Crippen LogP contribution in [-0.2, 0) is 25.7 Å². The van der Waals surface area contributed by atoms with Gasteiger partial charge in [0.2, 0.25) is 5.91 Å². The third-order valence-electron chi connectivity index (χ3n) is 3.12. The van der Waals surface area contributed by atoms with Crippen LogP contribution in [0.15, 0.2) is 30.3 Å². The van der Waals surface area contributed by atoms with Crippen molar-refractivity contribution in [3.63, 3.8) is 0 Å². The van der Waals surface area contributed by atoms with Gasteiger partial charge in [-0.3, -0.25) is 9.59 Å². The normalized spacial score (nSPS) is 17.9. The summed E-state index contributed by atoms with van der Waals surface area (Å²) in [5.41, 5.74) is 0.831. The van der Waals surface area contributed by atoms with E-state index in [0.29, 0.717) is 0 Å². The number of methoxy groups -OCH3 is 1. The summed E-state index contributed by atoms with van der Waals surface area (Å²) in [6.45, 7) is 0.262. The van der Waals surface area contributed by atoms with E-state index >= 15 is 0 Å². The molecule has 1 aliphatic heterocycles. The summed E-state index contributed by atoms with van der Waals surface area (Å²) in [7, 11) is 1.21. The summed E-state index contributed by atoms with van der Waals surface area (Å²) in [5.74, 6) is -2.08. The molecule has 1 saturated heterocycles. The first-order valence-electron chi connectivity index (χ1n) is 6.23. The fraction of sp³-hybridized carbons (Fsp3) is 0.357. The van der Waals surface area contributed by atoms with E-state index in [4.69, 9.17) is 4.74 Å². The number of nitrogens with zero attached hydrogens (tertiary/aromatic N) is 1. The highest BCUT2D eigenvalue weighted by molar-refractivity contribution is 6.05. The van der Waals surface area contributed by atoms with Gasteiger partial charge in [-0.1, -0.05) is 30.3 Å². The minimum atomic E-state index is -0.899. The van der Waals surface area contributed by atoms with Crippen molar-refractivity contribution < 1.29 is 23.9 Å². The first-order valence-corrected chi connectivity index (χ1v) is 6.23. The number of amides is 2. The van der Waals surface area contributed by atoms with E-state index in [9.17, 15) is 14.4 Å². The molecule has 2 rings (SSSR count). The number of benzene rings is 1. The molecule has 1 aliphatic rings. The van der Waals surface area contributed by atoms with Crippen LogP contribution in [0.5, 0.6) is 0 Å². The van der Waals surface area contributed by atoms with Crippen molar-refractivity contribution in [2.45, 2.75) is 13.0 Å². The predicted molar refractivity (Wildman–Crippen MR) is 68.5 cm³/mol. The Morgan fingerprint density at radius 2 is 2.00 bits per heavy atom. The second-order valence-corrected chi connectivity index (χ2v) is 4.39. The van der Waals surface area contributed by atoms with Crippen LogP contribution in [0.25, 0.3) is 0 Å². The van der Waals surface area contributed by atoms with Gasteiger partial charge >= 0.3 is 12.1 Å². The van der Waals surface area contributed by atoms with Gasteiger partial charge in [0.15, 0.2) is 0 Å². The van der Waals surface area contributed by atoms with Crippen LogP contribution in [-0.4, -0.2) is 36.5 Å². The maximum absolute atomic E-state index is 11.9. The number of ether oxygens (including phenoxy) is 2. The van der Waals surface area contributed by atoms with Crippen LogP contribution in [0.4, 0.5) is 4.79 Å². The molecule has 106 valence electrons. The highest BCUT2D eigenvalue weighted by Crippen LogP contribution is 2.20. The number of esters is 1. The second kappa shape index (κ2) is 6.18. The molecule has 0 N–H and O–H groups in total. The van der Waals surface area contributed by atoms with Gasteiger partial charge in [0.05, 0.1) is 7.11 Å². The first kappa shape index (κ1) is 14.0. The molecule has 1 atom stereocenters. The standard InChI is InChI=1S/C14H15NO5/c1-19-13(17)11-7-8-15(12(11)16)14(18)20-9-10-5-3-2-4-6-10/h2-6,11H,7-9H2,1H3. The molecule has 1 aromatic carbocycles. The van der Waals surface area contributed by atoms with Crippen LogP contribution >= 0.6 is 0 Å². The lowest BCUT2D eigenvalue weighted by Crippen LogP contribution is -2.36. The summed E-state index contributed by atoms with van der Waals surface area (Å²) >= 11 is 0. The van der Waals surface area contributed by atoms with Crippen LogP contribution in [0.2, 0.25) is 0 Å². The monoisotopic (exact) mass is 277 g/mol. The largest absolute Gasteiger partial charge is 0.468 e. The highest BCUT2D eigenvalue weighted by atomic mass is 16.6. The van der Waals surface area contributed by atoms with E-state index in [1.165, 1.54) is 7.11 Å². The lowest BCUT2D eigenvalue weighted by molar-refractivity contribution is -0.149. The van der Waals surface area contributed by atoms with Crippen molar-refractivity contribution in [2.24, 2.45) is 5.92 Å². The molecule has 0 saturated carbocycles. The van der Waals surface area contributed by atoms with Gasteiger partial charge in [0, 0.05) is 6.54 Å². The molecule has 2 amide bonds. The van der Waals surface area contributed by atoms with Crippen LogP contribution < -0.4 is 0 Å². The lowest BCUT2D eigenvalue weighted by Gasteiger charge is -2.14. The molecule has 0 radical (unpaired) electrons. The third kappa shape index (κ3) is 2.96. The molecular formula is C14H15NO5. The number of rotatable bonds is 3. The topological polar surface area (TPSA) is 72.9 Å². The molecule has 0 bridgehead atoms. The Hall–Kier alpha value is -2.37. The third-order valence-corrected chi connectivity index (χ3v) is 3.12. The summed E-state index contributed by atoms with van der Waals surface area (Å²) in [6.07, 6.45) is -0.461. The summed E-state index contributed by atoms with van der Waals surface area (Å²) in [4.78, 5) is 36.0. The Morgan fingerprint density at radius 1 is 1.30 bits per heavy atom. The van der Waals surface area contributed by atoms with E-state index in [1.54, 1.807) is 0 Å². The number of hydrogen-bond donors (Lipinski definition) is 0. The van der Waals surface area contributed by atoms with Crippen molar-refractivity contribution in [1.82, 2.24) is 4.90 Å². The fourth-order valence-corrected chi connectivity index (χ4v) is 2.02. The number of hydrogen-bond acceptors (Lipinski definition) is 5. The highest BCUT2D eigenvalue weighted by Gasteiger charge is 2.41. The molecule has 20 heavy (non-hydrogen) atoms. The maximum atomic E-state index is 11.9. The second-order valence-electron chi connectivity index (χ2n) is 4.39. The average molecular weight is 277 g/mol. The average Bonchev–Trinajstić information content (AvgIpc) is 2.87. The van der Waals surface area contributed by atoms with Gasteiger partial charge in [-0.2, -0.15) is 0 Å². The van der Waals surface area contributed by atoms with E-state index in [0.717, 1.165) is 10.5 Å². The zero-order valence-corrected chi connectivity index (χ0v) is 11.1. The minimum absolute atomic E-state index is 0.0896. The molecule has 0 aromatic heterocycles. The zero-order chi connectivity index (χ0) is 14.5. The van der Waals surface area contributed by atoms with Crippen molar-refractivity contribution >= 4 is 18.0 Å². The van der Waals surface area contributed by atoms with Gasteiger partial charge in [0.1, 0.15) is 12.5 Å². The summed E-state index contributed by atoms with van der Waals surface area (Å²) in [5, 5.41) is 0. The van der Waals surface area contributed by atoms with E-state index in [-0.39, 0.29) is 19.6 Å². The molecule has 6 heteroatoms. The van der Waals surface area contributed by atoms with E-state index in [1.807, 2.05) is 30.3 Å². The van der Waals surface area contributed by atoms with Gasteiger partial charge < -0.3 is 9.47 Å².